The average molecular weight is 802 g/mol. The summed E-state index contributed by atoms with van der Waals surface area (Å²) >= 11 is 0. The fourth-order valence-corrected chi connectivity index (χ4v) is 9.16. The molecular weight excluding hydrogens is 759 g/mol. The molecule has 0 saturated carbocycles. The molecule has 1 nitrogen and oxygen atoms in total. The van der Waals surface area contributed by atoms with E-state index in [-0.39, 0.29) is 0 Å². The number of benzene rings is 11. The fourth-order valence-electron chi connectivity index (χ4n) is 9.16. The molecule has 0 aliphatic heterocycles. The van der Waals surface area contributed by atoms with Crippen molar-refractivity contribution in [2.45, 2.75) is 0 Å². The summed E-state index contributed by atoms with van der Waals surface area (Å²) < 4.78 is 0. The molecule has 0 bridgehead atoms. The van der Waals surface area contributed by atoms with E-state index in [1.807, 2.05) is 0 Å². The van der Waals surface area contributed by atoms with E-state index in [2.05, 4.69) is 266 Å². The summed E-state index contributed by atoms with van der Waals surface area (Å²) in [5.74, 6) is 0. The van der Waals surface area contributed by atoms with Crippen molar-refractivity contribution in [3.05, 3.63) is 261 Å². The van der Waals surface area contributed by atoms with Crippen LogP contribution in [0.5, 0.6) is 0 Å². The van der Waals surface area contributed by atoms with Crippen molar-refractivity contribution in [1.29, 1.82) is 0 Å². The number of rotatable bonds is 9. The van der Waals surface area contributed by atoms with Gasteiger partial charge >= 0.3 is 0 Å². The van der Waals surface area contributed by atoms with Gasteiger partial charge in [-0.1, -0.05) is 218 Å². The second-order valence-corrected chi connectivity index (χ2v) is 16.1. The van der Waals surface area contributed by atoms with Gasteiger partial charge in [0.2, 0.25) is 0 Å². The van der Waals surface area contributed by atoms with Crippen LogP contribution >= 0.6 is 0 Å². The Kier molecular flexibility index (Phi) is 9.97. The molecule has 0 heterocycles. The Morgan fingerprint density at radius 3 is 1.40 bits per heavy atom. The molecule has 0 atom stereocenters. The zero-order valence-electron chi connectivity index (χ0n) is 34.8. The number of hydrogen-bond acceptors (Lipinski definition) is 1. The van der Waals surface area contributed by atoms with Crippen molar-refractivity contribution in [2.24, 2.45) is 0 Å². The molecule has 0 fully saturated rings. The molecular formula is C62H43N. The van der Waals surface area contributed by atoms with Crippen molar-refractivity contribution in [2.75, 3.05) is 4.90 Å². The lowest BCUT2D eigenvalue weighted by Gasteiger charge is -2.29. The van der Waals surface area contributed by atoms with E-state index in [1.54, 1.807) is 0 Å². The van der Waals surface area contributed by atoms with Gasteiger partial charge in [0, 0.05) is 16.9 Å². The van der Waals surface area contributed by atoms with Gasteiger partial charge in [0.05, 0.1) is 5.69 Å². The molecule has 0 aromatic heterocycles. The monoisotopic (exact) mass is 801 g/mol. The van der Waals surface area contributed by atoms with E-state index in [4.69, 9.17) is 0 Å². The van der Waals surface area contributed by atoms with Crippen LogP contribution in [0.25, 0.3) is 88.3 Å². The highest BCUT2D eigenvalue weighted by Crippen LogP contribution is 2.46. The molecule has 11 aromatic carbocycles. The highest BCUT2D eigenvalue weighted by molar-refractivity contribution is 6.00. The highest BCUT2D eigenvalue weighted by Gasteiger charge is 2.21. The summed E-state index contributed by atoms with van der Waals surface area (Å²) in [7, 11) is 0. The van der Waals surface area contributed by atoms with Gasteiger partial charge in [-0.3, -0.25) is 0 Å². The minimum Gasteiger partial charge on any atom is -0.310 e. The quantitative estimate of drug-likeness (QED) is 0.141. The molecule has 296 valence electrons. The first-order chi connectivity index (χ1) is 31.2. The molecule has 1 heteroatoms. The first kappa shape index (κ1) is 37.7. The smallest absolute Gasteiger partial charge is 0.0540 e. The van der Waals surface area contributed by atoms with Crippen molar-refractivity contribution >= 4 is 38.6 Å². The van der Waals surface area contributed by atoms with Gasteiger partial charge in [-0.05, 0) is 125 Å². The Morgan fingerprint density at radius 2 is 0.667 bits per heavy atom. The third-order valence-corrected chi connectivity index (χ3v) is 12.3. The second-order valence-electron chi connectivity index (χ2n) is 16.1. The first-order valence-corrected chi connectivity index (χ1v) is 21.7. The van der Waals surface area contributed by atoms with E-state index in [0.29, 0.717) is 0 Å². The van der Waals surface area contributed by atoms with Gasteiger partial charge in [0.25, 0.3) is 0 Å². The van der Waals surface area contributed by atoms with E-state index in [1.165, 1.54) is 82.7 Å². The summed E-state index contributed by atoms with van der Waals surface area (Å²) in [6.45, 7) is 0. The first-order valence-electron chi connectivity index (χ1n) is 21.7. The Morgan fingerprint density at radius 1 is 0.206 bits per heavy atom. The number of nitrogens with zero attached hydrogens (tertiary/aromatic N) is 1. The SMILES string of the molecule is c1ccc(-c2ccc(-c3ccccc3)c(-c3ccccc3-c3ccccc3N(c3ccc(-c4ccc5ccccc5c4)cc3)c3ccc(-c4cccc5ccccc45)cc3)c2)cc1. The fraction of sp³-hybridized carbons (Fsp3) is 0. The predicted octanol–water partition coefficient (Wildman–Crippen LogP) is 17.5. The van der Waals surface area contributed by atoms with Crippen LogP contribution in [0.4, 0.5) is 17.1 Å². The van der Waals surface area contributed by atoms with Crippen LogP contribution in [0.1, 0.15) is 0 Å². The zero-order valence-corrected chi connectivity index (χ0v) is 34.8. The molecule has 11 aromatic rings. The Labute approximate surface area is 369 Å². The topological polar surface area (TPSA) is 3.24 Å². The van der Waals surface area contributed by atoms with Crippen molar-refractivity contribution < 1.29 is 0 Å². The van der Waals surface area contributed by atoms with Crippen LogP contribution < -0.4 is 4.90 Å². The molecule has 0 aliphatic rings. The number of anilines is 3. The molecule has 0 unspecified atom stereocenters. The number of fused-ring (bicyclic) bond motifs is 2. The molecule has 0 aliphatic carbocycles. The van der Waals surface area contributed by atoms with Crippen LogP contribution in [-0.2, 0) is 0 Å². The maximum absolute atomic E-state index is 2.42. The van der Waals surface area contributed by atoms with Gasteiger partial charge in [-0.25, -0.2) is 0 Å². The van der Waals surface area contributed by atoms with Gasteiger partial charge in [-0.15, -0.1) is 0 Å². The molecule has 0 radical (unpaired) electrons. The molecule has 0 N–H and O–H groups in total. The zero-order chi connectivity index (χ0) is 42.0. The van der Waals surface area contributed by atoms with Gasteiger partial charge in [0.15, 0.2) is 0 Å². The Balaban J connectivity index is 1.07. The minimum absolute atomic E-state index is 1.08. The van der Waals surface area contributed by atoms with Gasteiger partial charge < -0.3 is 4.90 Å². The predicted molar refractivity (Wildman–Crippen MR) is 269 cm³/mol. The van der Waals surface area contributed by atoms with Crippen LogP contribution in [-0.4, -0.2) is 0 Å². The van der Waals surface area contributed by atoms with E-state index in [9.17, 15) is 0 Å². The Bertz CT molecular complexity index is 3360. The van der Waals surface area contributed by atoms with Crippen LogP contribution in [0, 0.1) is 0 Å². The summed E-state index contributed by atoms with van der Waals surface area (Å²) in [5, 5.41) is 4.98. The van der Waals surface area contributed by atoms with Crippen molar-refractivity contribution in [3.63, 3.8) is 0 Å². The summed E-state index contributed by atoms with van der Waals surface area (Å²) in [4.78, 5) is 2.42. The average Bonchev–Trinajstić information content (AvgIpc) is 3.37. The molecule has 63 heavy (non-hydrogen) atoms. The third-order valence-electron chi connectivity index (χ3n) is 12.3. The molecule has 0 saturated heterocycles. The highest BCUT2D eigenvalue weighted by atomic mass is 15.1. The van der Waals surface area contributed by atoms with E-state index < -0.39 is 0 Å². The summed E-state index contributed by atoms with van der Waals surface area (Å²) in [6.07, 6.45) is 0. The van der Waals surface area contributed by atoms with Crippen molar-refractivity contribution in [3.8, 4) is 66.8 Å². The maximum atomic E-state index is 2.42. The summed E-state index contributed by atoms with van der Waals surface area (Å²) in [6, 6.07) is 94.7. The van der Waals surface area contributed by atoms with E-state index in [0.717, 1.165) is 22.6 Å². The molecule has 11 rings (SSSR count). The standard InChI is InChI=1S/C62H43N/c1-3-16-44(17-4-1)52-36-41-57(47-19-5-2-6-20-47)61(43-52)59-26-12-11-25-58(59)60-27-13-14-29-62(60)63(53-37-32-46(33-38-53)51-31-30-45-18-7-8-22-50(45)42-51)54-39-34-49(35-40-54)56-28-15-23-48-21-9-10-24-55(48)56/h1-43H. The lowest BCUT2D eigenvalue weighted by molar-refractivity contribution is 1.28. The normalized spacial score (nSPS) is 11.2. The number of para-hydroxylation sites is 1. The van der Waals surface area contributed by atoms with Crippen LogP contribution in [0.3, 0.4) is 0 Å². The molecule has 0 spiro atoms. The van der Waals surface area contributed by atoms with Gasteiger partial charge in [-0.2, -0.15) is 0 Å². The van der Waals surface area contributed by atoms with Crippen LogP contribution in [0.15, 0.2) is 261 Å². The lowest BCUT2D eigenvalue weighted by atomic mass is 9.87. The maximum Gasteiger partial charge on any atom is 0.0540 e. The third kappa shape index (κ3) is 7.37. The van der Waals surface area contributed by atoms with Crippen molar-refractivity contribution in [1.82, 2.24) is 0 Å². The molecule has 0 amide bonds. The largest absolute Gasteiger partial charge is 0.310 e. The minimum atomic E-state index is 1.08. The lowest BCUT2D eigenvalue weighted by Crippen LogP contribution is -2.11. The second kappa shape index (κ2) is 16.7. The van der Waals surface area contributed by atoms with Crippen LogP contribution in [0.2, 0.25) is 0 Å². The van der Waals surface area contributed by atoms with Gasteiger partial charge in [0.1, 0.15) is 0 Å². The Hall–Kier alpha value is -8.26. The summed E-state index contributed by atoms with van der Waals surface area (Å²) in [5.41, 5.74) is 17.5. The van der Waals surface area contributed by atoms with E-state index >= 15 is 0 Å². The number of hydrogen-bond donors (Lipinski definition) is 0.